The van der Waals surface area contributed by atoms with Gasteiger partial charge in [0.15, 0.2) is 0 Å². The second kappa shape index (κ2) is 12.7. The number of fused-ring (bicyclic) bond motifs is 2. The molecule has 2 atom stereocenters. The first-order valence-corrected chi connectivity index (χ1v) is 21.6. The molecule has 7 rings (SSSR count). The zero-order chi connectivity index (χ0) is 33.1. The van der Waals surface area contributed by atoms with Gasteiger partial charge in [-0.1, -0.05) is 20.8 Å². The normalized spacial score (nSPS) is 18.9. The van der Waals surface area contributed by atoms with Crippen molar-refractivity contribution in [3.63, 3.8) is 0 Å². The topological polar surface area (TPSA) is 0 Å². The van der Waals surface area contributed by atoms with Crippen molar-refractivity contribution in [2.24, 2.45) is 5.92 Å². The van der Waals surface area contributed by atoms with Crippen LogP contribution < -0.4 is 30.0 Å². The van der Waals surface area contributed by atoms with E-state index in [4.69, 9.17) is 0 Å². The Bertz CT molecular complexity index is 1960. The number of allylic oxidation sites excluding steroid dienone is 2. The molecule has 0 aromatic heterocycles. The van der Waals surface area contributed by atoms with Gasteiger partial charge >= 0.3 is 270 Å². The summed E-state index contributed by atoms with van der Waals surface area (Å²) < 4.78 is 0.560. The summed E-state index contributed by atoms with van der Waals surface area (Å²) in [4.78, 5) is 0. The van der Waals surface area contributed by atoms with Crippen LogP contribution in [0.15, 0.2) is 83.9 Å². The Morgan fingerprint density at radius 2 is 1.23 bits per heavy atom. The van der Waals surface area contributed by atoms with Crippen molar-refractivity contribution in [1.82, 2.24) is 0 Å². The Morgan fingerprint density at radius 1 is 0.688 bits per heavy atom. The predicted octanol–water partition coefficient (Wildman–Crippen LogP) is 5.65. The van der Waals surface area contributed by atoms with Gasteiger partial charge in [-0.2, -0.15) is 0 Å². The van der Waals surface area contributed by atoms with Gasteiger partial charge in [0.25, 0.3) is 0 Å². The summed E-state index contributed by atoms with van der Waals surface area (Å²) in [6, 6.07) is 28.8. The monoisotopic (exact) mass is 765 g/mol. The summed E-state index contributed by atoms with van der Waals surface area (Å²) in [5.74, 6) is 0.763. The maximum absolute atomic E-state index is 2.69. The molecule has 2 aliphatic carbocycles. The molecule has 0 nitrogen and oxygen atoms in total. The average molecular weight is 768 g/mol. The summed E-state index contributed by atoms with van der Waals surface area (Å²) >= 11 is 1.61. The Kier molecular flexibility index (Phi) is 9.84. The van der Waals surface area contributed by atoms with Crippen molar-refractivity contribution < 1.29 is 49.5 Å². The molecule has 48 heavy (non-hydrogen) atoms. The molecule has 0 fully saturated rings. The molecular weight excluding hydrogens is 719 g/mol. The standard InChI is InChI=1S/C44H49Si.2ClH.Zr/c1-26(2)35-25-36-33(28-15-19-31(20-16-28)43(4,5)6)13-12-14-34(36)40(35)37-24-30-23-27(3)41-39(30)38(42(37)45(41,10)11)29-17-21-32(22-18-29)44(7,8)9;;;/h12-26,40H,1-11H3;2*1H;/q;;;+2/p-2. The van der Waals surface area contributed by atoms with Crippen LogP contribution in [0.4, 0.5) is 0 Å². The van der Waals surface area contributed by atoms with E-state index in [1.807, 2.05) is 0 Å². The van der Waals surface area contributed by atoms with Gasteiger partial charge in [-0.3, -0.25) is 0 Å². The fourth-order valence-corrected chi connectivity index (χ4v) is 14.1. The van der Waals surface area contributed by atoms with E-state index in [9.17, 15) is 0 Å². The van der Waals surface area contributed by atoms with Crippen molar-refractivity contribution >= 4 is 24.5 Å². The molecule has 4 heteroatoms. The third-order valence-electron chi connectivity index (χ3n) is 11.2. The fourth-order valence-electron chi connectivity index (χ4n) is 8.73. The molecule has 2 unspecified atom stereocenters. The van der Waals surface area contributed by atoms with Crippen LogP contribution in [0.25, 0.3) is 33.5 Å². The molecule has 2 bridgehead atoms. The van der Waals surface area contributed by atoms with Crippen LogP contribution in [0.2, 0.25) is 13.1 Å². The fraction of sp³-hybridized carbons (Fsp3) is 0.364. The Balaban J connectivity index is 0.00000225. The van der Waals surface area contributed by atoms with E-state index in [0.29, 0.717) is 15.5 Å². The summed E-state index contributed by atoms with van der Waals surface area (Å²) in [5.41, 5.74) is 19.7. The van der Waals surface area contributed by atoms with Crippen LogP contribution in [0.5, 0.6) is 0 Å². The molecule has 0 saturated heterocycles. The zero-order valence-corrected chi connectivity index (χ0v) is 35.5. The number of rotatable bonds is 4. The summed E-state index contributed by atoms with van der Waals surface area (Å²) in [6.45, 7) is 26.4. The van der Waals surface area contributed by atoms with Crippen molar-refractivity contribution in [3.8, 4) is 22.3 Å². The number of halogens is 2. The average Bonchev–Trinajstić information content (AvgIpc) is 3.56. The van der Waals surface area contributed by atoms with Crippen LogP contribution in [-0.4, -0.2) is 8.07 Å². The predicted molar refractivity (Wildman–Crippen MR) is 198 cm³/mol. The van der Waals surface area contributed by atoms with E-state index in [1.165, 1.54) is 38.9 Å². The van der Waals surface area contributed by atoms with Crippen molar-refractivity contribution in [1.29, 1.82) is 0 Å². The molecule has 4 aromatic rings. The number of benzene rings is 4. The van der Waals surface area contributed by atoms with Gasteiger partial charge in [-0.25, -0.2) is 0 Å². The third kappa shape index (κ3) is 5.66. The van der Waals surface area contributed by atoms with E-state index < -0.39 is 8.07 Å². The maximum Gasteiger partial charge on any atom is -1.00 e. The Morgan fingerprint density at radius 3 is 1.75 bits per heavy atom. The van der Waals surface area contributed by atoms with Crippen molar-refractivity contribution in [2.75, 3.05) is 0 Å². The van der Waals surface area contributed by atoms with Gasteiger partial charge in [0.1, 0.15) is 0 Å². The van der Waals surface area contributed by atoms with Gasteiger partial charge < -0.3 is 24.8 Å². The minimum absolute atomic E-state index is 0. The zero-order valence-electron chi connectivity index (χ0n) is 30.5. The molecule has 4 aromatic carbocycles. The first-order valence-electron chi connectivity index (χ1n) is 17.2. The summed E-state index contributed by atoms with van der Waals surface area (Å²) in [5, 5.41) is 3.43. The van der Waals surface area contributed by atoms with Gasteiger partial charge in [-0.05, 0) is 5.41 Å². The minimum Gasteiger partial charge on any atom is -1.00 e. The molecule has 1 heterocycles. The molecule has 247 valence electrons. The molecule has 0 saturated carbocycles. The van der Waals surface area contributed by atoms with Crippen LogP contribution in [0.1, 0.15) is 111 Å². The SMILES string of the molecule is CC1=C2c3c(cc(C4C(C(C)C)=Cc5c(-c6ccc(C(C)(C)C)cc6)cccc54)c(c3-c3ccc(C(C)(C)C)cc3)[Si]2(C)C)[CH]1[Zr+2].[Cl-].[Cl-]. The smallest absolute Gasteiger partial charge is 1.00 e. The Labute approximate surface area is 318 Å². The van der Waals surface area contributed by atoms with E-state index >= 15 is 0 Å². The first kappa shape index (κ1) is 37.3. The Hall–Kier alpha value is -1.96. The second-order valence-electron chi connectivity index (χ2n) is 17.0. The van der Waals surface area contributed by atoms with Crippen LogP contribution in [-0.2, 0) is 35.5 Å². The van der Waals surface area contributed by atoms with Crippen LogP contribution in [0.3, 0.4) is 0 Å². The van der Waals surface area contributed by atoms with E-state index in [1.54, 1.807) is 68.5 Å². The van der Waals surface area contributed by atoms with Gasteiger partial charge in [0, 0.05) is 0 Å². The van der Waals surface area contributed by atoms with Crippen molar-refractivity contribution in [3.05, 3.63) is 123 Å². The summed E-state index contributed by atoms with van der Waals surface area (Å²) in [6.07, 6.45) is 2.57. The third-order valence-corrected chi connectivity index (χ3v) is 16.7. The van der Waals surface area contributed by atoms with E-state index in [0.717, 1.165) is 0 Å². The van der Waals surface area contributed by atoms with Crippen LogP contribution in [0, 0.1) is 5.92 Å². The largest absolute Gasteiger partial charge is 1.00 e. The van der Waals surface area contributed by atoms with Crippen LogP contribution >= 0.6 is 0 Å². The van der Waals surface area contributed by atoms with Gasteiger partial charge in [-0.15, -0.1) is 0 Å². The molecule has 0 radical (unpaired) electrons. The van der Waals surface area contributed by atoms with Gasteiger partial charge in [0.2, 0.25) is 0 Å². The maximum atomic E-state index is 2.69. The number of hydrogen-bond donors (Lipinski definition) is 0. The summed E-state index contributed by atoms with van der Waals surface area (Å²) in [7, 11) is -1.96. The van der Waals surface area contributed by atoms with E-state index in [-0.39, 0.29) is 35.6 Å². The quantitative estimate of drug-likeness (QED) is 0.236. The molecular formula is C44H49Cl2SiZr. The molecule has 1 aliphatic heterocycles. The van der Waals surface area contributed by atoms with E-state index in [2.05, 4.69) is 154 Å². The minimum atomic E-state index is -1.96. The van der Waals surface area contributed by atoms with Gasteiger partial charge in [0.05, 0.1) is 0 Å². The molecule has 0 N–H and O–H groups in total. The first-order chi connectivity index (χ1) is 21.5. The molecule has 3 aliphatic rings. The molecule has 0 spiro atoms. The second-order valence-corrected chi connectivity index (χ2v) is 22.7. The molecule has 0 amide bonds. The van der Waals surface area contributed by atoms with Crippen molar-refractivity contribution in [2.45, 2.75) is 95.8 Å². The number of hydrogen-bond acceptors (Lipinski definition) is 0.